The predicted octanol–water partition coefficient (Wildman–Crippen LogP) is 2.00. The van der Waals surface area contributed by atoms with Gasteiger partial charge in [-0.05, 0) is 31.5 Å². The molecule has 3 nitrogen and oxygen atoms in total. The number of carbonyl (C=O) groups is 1. The third-order valence-corrected chi connectivity index (χ3v) is 3.05. The summed E-state index contributed by atoms with van der Waals surface area (Å²) in [5.74, 6) is -0.159. The van der Waals surface area contributed by atoms with Crippen LogP contribution in [0.4, 0.5) is 0 Å². The van der Waals surface area contributed by atoms with E-state index < -0.39 is 0 Å². The van der Waals surface area contributed by atoms with Crippen molar-refractivity contribution in [2.24, 2.45) is 0 Å². The molecule has 2 rings (SSSR count). The van der Waals surface area contributed by atoms with E-state index in [1.165, 1.54) is 20.0 Å². The number of ether oxygens (including phenoxy) is 1. The summed E-state index contributed by atoms with van der Waals surface area (Å²) in [5, 5.41) is 0. The maximum atomic E-state index is 11.8. The second-order valence-electron chi connectivity index (χ2n) is 4.08. The molecule has 0 saturated carbocycles. The summed E-state index contributed by atoms with van der Waals surface area (Å²) in [4.78, 5) is 14.0. The molecule has 0 aromatic heterocycles. The van der Waals surface area contributed by atoms with Crippen molar-refractivity contribution in [2.45, 2.75) is 18.9 Å². The van der Waals surface area contributed by atoms with E-state index in [4.69, 9.17) is 4.74 Å². The monoisotopic (exact) mass is 219 g/mol. The molecule has 0 radical (unpaired) electrons. The molecular formula is C13H17NO2. The number of carbonyl (C=O) groups excluding carboxylic acids is 1. The second-order valence-corrected chi connectivity index (χ2v) is 4.08. The van der Waals surface area contributed by atoms with Crippen LogP contribution in [0.25, 0.3) is 0 Å². The van der Waals surface area contributed by atoms with Crippen molar-refractivity contribution in [1.29, 1.82) is 0 Å². The van der Waals surface area contributed by atoms with Crippen molar-refractivity contribution in [3.05, 3.63) is 35.9 Å². The summed E-state index contributed by atoms with van der Waals surface area (Å²) in [6.07, 6.45) is 2.33. The maximum Gasteiger partial charge on any atom is 0.327 e. The molecule has 0 amide bonds. The first kappa shape index (κ1) is 11.1. The lowest BCUT2D eigenvalue weighted by molar-refractivity contribution is -0.146. The maximum absolute atomic E-state index is 11.8. The molecule has 1 aliphatic heterocycles. The van der Waals surface area contributed by atoms with E-state index in [0.717, 1.165) is 18.7 Å². The predicted molar refractivity (Wildman–Crippen MR) is 62.0 cm³/mol. The number of benzene rings is 1. The third kappa shape index (κ3) is 2.25. The first-order valence-electron chi connectivity index (χ1n) is 5.70. The van der Waals surface area contributed by atoms with Gasteiger partial charge in [-0.15, -0.1) is 0 Å². The zero-order valence-corrected chi connectivity index (χ0v) is 9.56. The summed E-state index contributed by atoms with van der Waals surface area (Å²) < 4.78 is 4.90. The summed E-state index contributed by atoms with van der Waals surface area (Å²) in [7, 11) is 1.45. The van der Waals surface area contributed by atoms with Gasteiger partial charge in [-0.25, -0.2) is 4.79 Å². The molecule has 0 spiro atoms. The minimum atomic E-state index is -0.228. The average molecular weight is 219 g/mol. The lowest BCUT2D eigenvalue weighted by atomic mass is 10.1. The fourth-order valence-electron chi connectivity index (χ4n) is 2.24. The smallest absolute Gasteiger partial charge is 0.327 e. The molecule has 1 aliphatic rings. The molecular weight excluding hydrogens is 202 g/mol. The van der Waals surface area contributed by atoms with Crippen LogP contribution >= 0.6 is 0 Å². The standard InChI is InChI=1S/C13H17NO2/c1-16-13(15)12(14-9-5-6-10-14)11-7-3-2-4-8-11/h2-4,7-8,12H,5-6,9-10H2,1H3/t12-/m0/s1. The van der Waals surface area contributed by atoms with Crippen molar-refractivity contribution in [1.82, 2.24) is 4.90 Å². The molecule has 0 bridgehead atoms. The van der Waals surface area contributed by atoms with E-state index in [-0.39, 0.29) is 12.0 Å². The lowest BCUT2D eigenvalue weighted by Crippen LogP contribution is -2.32. The Morgan fingerprint density at radius 3 is 2.44 bits per heavy atom. The molecule has 86 valence electrons. The molecule has 1 fully saturated rings. The van der Waals surface area contributed by atoms with Crippen molar-refractivity contribution >= 4 is 5.97 Å². The van der Waals surface area contributed by atoms with Crippen molar-refractivity contribution in [2.75, 3.05) is 20.2 Å². The Morgan fingerprint density at radius 2 is 1.88 bits per heavy atom. The number of likely N-dealkylation sites (tertiary alicyclic amines) is 1. The van der Waals surface area contributed by atoms with Gasteiger partial charge in [0.05, 0.1) is 7.11 Å². The van der Waals surface area contributed by atoms with E-state index in [0.29, 0.717) is 0 Å². The van der Waals surface area contributed by atoms with E-state index in [2.05, 4.69) is 4.90 Å². The van der Waals surface area contributed by atoms with Crippen LogP contribution in [0.3, 0.4) is 0 Å². The van der Waals surface area contributed by atoms with Crippen molar-refractivity contribution < 1.29 is 9.53 Å². The zero-order valence-electron chi connectivity index (χ0n) is 9.56. The minimum Gasteiger partial charge on any atom is -0.468 e. The van der Waals surface area contributed by atoms with Gasteiger partial charge in [0.25, 0.3) is 0 Å². The number of esters is 1. The highest BCUT2D eigenvalue weighted by Gasteiger charge is 2.30. The van der Waals surface area contributed by atoms with Crippen LogP contribution in [0.1, 0.15) is 24.4 Å². The van der Waals surface area contributed by atoms with Crippen LogP contribution in [0.5, 0.6) is 0 Å². The number of rotatable bonds is 3. The van der Waals surface area contributed by atoms with Gasteiger partial charge >= 0.3 is 5.97 Å². The number of nitrogens with zero attached hydrogens (tertiary/aromatic N) is 1. The van der Waals surface area contributed by atoms with E-state index in [1.54, 1.807) is 0 Å². The van der Waals surface area contributed by atoms with Crippen LogP contribution in [0, 0.1) is 0 Å². The first-order chi connectivity index (χ1) is 7.83. The summed E-state index contributed by atoms with van der Waals surface area (Å²) >= 11 is 0. The topological polar surface area (TPSA) is 29.5 Å². The Labute approximate surface area is 96.0 Å². The molecule has 1 saturated heterocycles. The van der Waals surface area contributed by atoms with Crippen molar-refractivity contribution in [3.63, 3.8) is 0 Å². The zero-order chi connectivity index (χ0) is 11.4. The molecule has 0 unspecified atom stereocenters. The lowest BCUT2D eigenvalue weighted by Gasteiger charge is -2.25. The Bertz CT molecular complexity index is 344. The fourth-order valence-corrected chi connectivity index (χ4v) is 2.24. The fraction of sp³-hybridized carbons (Fsp3) is 0.462. The highest BCUT2D eigenvalue weighted by atomic mass is 16.5. The second kappa shape index (κ2) is 5.12. The Kier molecular flexibility index (Phi) is 3.57. The molecule has 3 heteroatoms. The van der Waals surface area contributed by atoms with Crippen LogP contribution < -0.4 is 0 Å². The van der Waals surface area contributed by atoms with Crippen LogP contribution in [-0.4, -0.2) is 31.1 Å². The molecule has 1 aromatic rings. The number of hydrogen-bond acceptors (Lipinski definition) is 3. The van der Waals surface area contributed by atoms with E-state index in [1.807, 2.05) is 30.3 Å². The van der Waals surface area contributed by atoms with Gasteiger partial charge in [-0.1, -0.05) is 30.3 Å². The van der Waals surface area contributed by atoms with Gasteiger partial charge in [-0.3, -0.25) is 4.90 Å². The van der Waals surface area contributed by atoms with Gasteiger partial charge in [0.2, 0.25) is 0 Å². The SMILES string of the molecule is COC(=O)[C@H](c1ccccc1)N1CCCC1. The van der Waals surface area contributed by atoms with Gasteiger partial charge < -0.3 is 4.74 Å². The Balaban J connectivity index is 2.24. The largest absolute Gasteiger partial charge is 0.468 e. The Morgan fingerprint density at radius 1 is 1.25 bits per heavy atom. The first-order valence-corrected chi connectivity index (χ1v) is 5.70. The quantitative estimate of drug-likeness (QED) is 0.728. The third-order valence-electron chi connectivity index (χ3n) is 3.05. The highest BCUT2D eigenvalue weighted by Crippen LogP contribution is 2.25. The number of hydrogen-bond donors (Lipinski definition) is 0. The average Bonchev–Trinajstić information content (AvgIpc) is 2.84. The highest BCUT2D eigenvalue weighted by molar-refractivity contribution is 5.77. The molecule has 0 N–H and O–H groups in total. The van der Waals surface area contributed by atoms with E-state index >= 15 is 0 Å². The van der Waals surface area contributed by atoms with Gasteiger partial charge in [0, 0.05) is 0 Å². The normalized spacial score (nSPS) is 18.3. The van der Waals surface area contributed by atoms with Crippen LogP contribution in [-0.2, 0) is 9.53 Å². The Hall–Kier alpha value is -1.35. The van der Waals surface area contributed by atoms with Gasteiger partial charge in [0.15, 0.2) is 0 Å². The van der Waals surface area contributed by atoms with Crippen LogP contribution in [0.2, 0.25) is 0 Å². The minimum absolute atomic E-state index is 0.159. The summed E-state index contributed by atoms with van der Waals surface area (Å²) in [5.41, 5.74) is 1.02. The summed E-state index contributed by atoms with van der Waals surface area (Å²) in [6.45, 7) is 1.96. The van der Waals surface area contributed by atoms with Crippen molar-refractivity contribution in [3.8, 4) is 0 Å². The summed E-state index contributed by atoms with van der Waals surface area (Å²) in [6, 6.07) is 9.62. The van der Waals surface area contributed by atoms with Gasteiger partial charge in [-0.2, -0.15) is 0 Å². The number of methoxy groups -OCH3 is 1. The molecule has 1 heterocycles. The molecule has 16 heavy (non-hydrogen) atoms. The molecule has 1 atom stereocenters. The van der Waals surface area contributed by atoms with Gasteiger partial charge in [0.1, 0.15) is 6.04 Å². The molecule has 1 aromatic carbocycles. The van der Waals surface area contributed by atoms with E-state index in [9.17, 15) is 4.79 Å². The van der Waals surface area contributed by atoms with Crippen LogP contribution in [0.15, 0.2) is 30.3 Å². The molecule has 0 aliphatic carbocycles.